The largest absolute Gasteiger partial charge is 0.488 e. The molecular weight excluding hydrogens is 553 g/mol. The zero-order chi connectivity index (χ0) is 29.8. The van der Waals surface area contributed by atoms with Gasteiger partial charge >= 0.3 is 0 Å². The third-order valence-electron chi connectivity index (χ3n) is 7.33. The molecule has 218 valence electrons. The van der Waals surface area contributed by atoms with Gasteiger partial charge in [0.1, 0.15) is 23.4 Å². The number of benzene rings is 2. The Kier molecular flexibility index (Phi) is 7.94. The van der Waals surface area contributed by atoms with E-state index in [-0.39, 0.29) is 37.3 Å². The first-order valence-electron chi connectivity index (χ1n) is 13.8. The fourth-order valence-electron chi connectivity index (χ4n) is 5.18. The second kappa shape index (κ2) is 12.3. The van der Waals surface area contributed by atoms with Crippen molar-refractivity contribution in [2.45, 2.75) is 25.1 Å². The first-order valence-corrected chi connectivity index (χ1v) is 13.8. The van der Waals surface area contributed by atoms with Crippen LogP contribution in [0.25, 0.3) is 11.1 Å². The number of halogens is 1. The van der Waals surface area contributed by atoms with Crippen LogP contribution in [0.15, 0.2) is 85.5 Å². The molecule has 43 heavy (non-hydrogen) atoms. The van der Waals surface area contributed by atoms with Crippen LogP contribution < -0.4 is 20.1 Å². The molecule has 2 N–H and O–H groups in total. The number of carbonyl (C=O) groups excluding carboxylic acids is 3. The molecule has 0 radical (unpaired) electrons. The van der Waals surface area contributed by atoms with Crippen LogP contribution >= 0.6 is 0 Å². The number of likely N-dealkylation sites (tertiary alicyclic amines) is 1. The van der Waals surface area contributed by atoms with E-state index in [2.05, 4.69) is 20.6 Å². The smallest absolute Gasteiger partial charge is 0.258 e. The highest BCUT2D eigenvalue weighted by Crippen LogP contribution is 2.26. The number of amides is 3. The molecule has 2 aliphatic rings. The second-order valence-electron chi connectivity index (χ2n) is 10.4. The zero-order valence-corrected chi connectivity index (χ0v) is 23.0. The van der Waals surface area contributed by atoms with Gasteiger partial charge in [-0.2, -0.15) is 0 Å². The van der Waals surface area contributed by atoms with Crippen LogP contribution in [0.3, 0.4) is 0 Å². The van der Waals surface area contributed by atoms with E-state index in [4.69, 9.17) is 9.47 Å². The average molecular weight is 582 g/mol. The Balaban J connectivity index is 1.34. The van der Waals surface area contributed by atoms with Crippen LogP contribution in [0.2, 0.25) is 0 Å². The molecule has 11 heteroatoms. The predicted molar refractivity (Wildman–Crippen MR) is 154 cm³/mol. The normalized spacial score (nSPS) is 18.8. The minimum Gasteiger partial charge on any atom is -0.488 e. The van der Waals surface area contributed by atoms with E-state index in [1.165, 1.54) is 18.3 Å². The van der Waals surface area contributed by atoms with E-state index in [1.807, 2.05) is 6.07 Å². The van der Waals surface area contributed by atoms with Crippen LogP contribution in [0.4, 0.5) is 4.39 Å². The summed E-state index contributed by atoms with van der Waals surface area (Å²) in [6.45, 7) is 0.361. The van der Waals surface area contributed by atoms with Gasteiger partial charge in [0.25, 0.3) is 17.7 Å². The van der Waals surface area contributed by atoms with Crippen molar-refractivity contribution in [3.63, 3.8) is 0 Å². The second-order valence-corrected chi connectivity index (χ2v) is 10.4. The summed E-state index contributed by atoms with van der Waals surface area (Å²) in [6, 6.07) is 15.7. The highest BCUT2D eigenvalue weighted by Gasteiger charge is 2.35. The van der Waals surface area contributed by atoms with Gasteiger partial charge in [-0.3, -0.25) is 24.4 Å². The number of carbonyl (C=O) groups is 3. The van der Waals surface area contributed by atoms with Gasteiger partial charge < -0.3 is 25.0 Å². The van der Waals surface area contributed by atoms with E-state index in [1.54, 1.807) is 66.0 Å². The van der Waals surface area contributed by atoms with Gasteiger partial charge in [0.05, 0.1) is 11.6 Å². The Morgan fingerprint density at radius 1 is 0.930 bits per heavy atom. The minimum absolute atomic E-state index is 0.0624. The molecule has 2 aromatic heterocycles. The van der Waals surface area contributed by atoms with Gasteiger partial charge in [0, 0.05) is 68.0 Å². The Hall–Kier alpha value is -5.32. The average Bonchev–Trinajstić information content (AvgIpc) is 3.03. The number of hydrogen-bond donors (Lipinski definition) is 2. The molecule has 0 spiro atoms. The molecular formula is C32H28FN5O5. The predicted octanol–water partition coefficient (Wildman–Crippen LogP) is 3.38. The summed E-state index contributed by atoms with van der Waals surface area (Å²) in [4.78, 5) is 49.2. The molecule has 6 bridgehead atoms. The number of fused-ring (bicyclic) bond motifs is 8. The maximum absolute atomic E-state index is 14.6. The molecule has 3 amide bonds. The lowest BCUT2D eigenvalue weighted by Gasteiger charge is -2.39. The monoisotopic (exact) mass is 581 g/mol. The van der Waals surface area contributed by atoms with Crippen molar-refractivity contribution in [2.75, 3.05) is 19.7 Å². The Morgan fingerprint density at radius 3 is 2.63 bits per heavy atom. The number of nitrogens with zero attached hydrogens (tertiary/aromatic N) is 3. The van der Waals surface area contributed by atoms with E-state index in [0.29, 0.717) is 41.0 Å². The molecule has 0 unspecified atom stereocenters. The summed E-state index contributed by atoms with van der Waals surface area (Å²) < 4.78 is 26.5. The first-order chi connectivity index (χ1) is 20.9. The van der Waals surface area contributed by atoms with Crippen LogP contribution in [0.1, 0.15) is 32.7 Å². The number of aromatic nitrogens is 2. The van der Waals surface area contributed by atoms with Crippen molar-refractivity contribution in [3.05, 3.63) is 108 Å². The fourth-order valence-corrected chi connectivity index (χ4v) is 5.18. The molecule has 2 atom stereocenters. The zero-order valence-electron chi connectivity index (χ0n) is 23.0. The lowest BCUT2D eigenvalue weighted by Crippen LogP contribution is -2.58. The number of hydrogen-bond acceptors (Lipinski definition) is 7. The molecule has 1 fully saturated rings. The molecule has 6 rings (SSSR count). The molecule has 10 nitrogen and oxygen atoms in total. The summed E-state index contributed by atoms with van der Waals surface area (Å²) in [7, 11) is 0. The van der Waals surface area contributed by atoms with Crippen molar-refractivity contribution in [1.82, 2.24) is 25.5 Å². The molecule has 0 aliphatic carbocycles. The van der Waals surface area contributed by atoms with Gasteiger partial charge in [0.15, 0.2) is 6.61 Å². The summed E-state index contributed by atoms with van der Waals surface area (Å²) in [5, 5.41) is 5.77. The maximum Gasteiger partial charge on any atom is 0.258 e. The SMILES string of the molecule is O=C1COc2cccc(c2)-c2cncc(c2)C(=O)N[C@@H]2CN(C(=O)c3ccncc3)CC[C@@H]2Oc2cc(F)cc(c2)CN1. The molecule has 4 heterocycles. The van der Waals surface area contributed by atoms with E-state index < -0.39 is 23.9 Å². The number of pyridine rings is 2. The van der Waals surface area contributed by atoms with Crippen LogP contribution in [-0.2, 0) is 11.3 Å². The van der Waals surface area contributed by atoms with Gasteiger partial charge in [-0.1, -0.05) is 12.1 Å². The summed E-state index contributed by atoms with van der Waals surface area (Å²) >= 11 is 0. The molecule has 4 aromatic rings. The quantitative estimate of drug-likeness (QED) is 0.353. The van der Waals surface area contributed by atoms with Gasteiger partial charge in [-0.05, 0) is 53.6 Å². The lowest BCUT2D eigenvalue weighted by atomic mass is 9.99. The number of nitrogens with one attached hydrogen (secondary N) is 2. The minimum atomic E-state index is -0.624. The first kappa shape index (κ1) is 27.8. The standard InChI is InChI=1S/C32H28FN5O5/c33-25-10-20-11-27(14-25)43-29-6-9-38(32(41)21-4-7-34-8-5-21)18-28(29)37-31(40)24-12-23(16-35-17-24)22-2-1-3-26(13-22)42-19-30(39)36-15-20/h1-5,7-8,10-14,16-17,28-29H,6,9,15,18-19H2,(H,36,39)(H,37,40)/t28-,29+/m1/s1. The van der Waals surface area contributed by atoms with Gasteiger partial charge in [-0.15, -0.1) is 0 Å². The summed E-state index contributed by atoms with van der Waals surface area (Å²) in [5.74, 6) is -0.789. The van der Waals surface area contributed by atoms with Crippen molar-refractivity contribution < 1.29 is 28.2 Å². The number of ether oxygens (including phenoxy) is 2. The molecule has 1 saturated heterocycles. The van der Waals surface area contributed by atoms with E-state index >= 15 is 0 Å². The Morgan fingerprint density at radius 2 is 1.77 bits per heavy atom. The van der Waals surface area contributed by atoms with Crippen molar-refractivity contribution >= 4 is 17.7 Å². The van der Waals surface area contributed by atoms with Crippen molar-refractivity contribution in [2.24, 2.45) is 0 Å². The number of piperidine rings is 1. The molecule has 2 aliphatic heterocycles. The Bertz CT molecular complexity index is 1670. The highest BCUT2D eigenvalue weighted by molar-refractivity contribution is 5.96. The van der Waals surface area contributed by atoms with E-state index in [9.17, 15) is 18.8 Å². The van der Waals surface area contributed by atoms with E-state index in [0.717, 1.165) is 5.56 Å². The fraction of sp³-hybridized carbons (Fsp3) is 0.219. The summed E-state index contributed by atoms with van der Waals surface area (Å²) in [6.07, 6.45) is 6.01. The summed E-state index contributed by atoms with van der Waals surface area (Å²) in [5.41, 5.74) is 2.72. The van der Waals surface area contributed by atoms with Crippen molar-refractivity contribution in [1.29, 1.82) is 0 Å². The van der Waals surface area contributed by atoms with Crippen LogP contribution in [0.5, 0.6) is 11.5 Å². The molecule has 0 saturated carbocycles. The third-order valence-corrected chi connectivity index (χ3v) is 7.33. The third kappa shape index (κ3) is 6.61. The van der Waals surface area contributed by atoms with Crippen LogP contribution in [0, 0.1) is 5.82 Å². The van der Waals surface area contributed by atoms with Gasteiger partial charge in [0.2, 0.25) is 0 Å². The maximum atomic E-state index is 14.6. The Labute approximate surface area is 246 Å². The lowest BCUT2D eigenvalue weighted by molar-refractivity contribution is -0.123. The molecule has 2 aromatic carbocycles. The number of rotatable bonds is 1. The van der Waals surface area contributed by atoms with Gasteiger partial charge in [-0.25, -0.2) is 4.39 Å². The van der Waals surface area contributed by atoms with Crippen LogP contribution in [-0.4, -0.2) is 64.4 Å². The topological polar surface area (TPSA) is 123 Å². The highest BCUT2D eigenvalue weighted by atomic mass is 19.1. The van der Waals surface area contributed by atoms with Crippen molar-refractivity contribution in [3.8, 4) is 22.6 Å².